The third-order valence-electron chi connectivity index (χ3n) is 7.71. The van der Waals surface area contributed by atoms with Crippen LogP contribution < -0.4 is 0 Å². The third-order valence-corrected chi connectivity index (χ3v) is 7.71. The van der Waals surface area contributed by atoms with E-state index in [4.69, 9.17) is 0 Å². The van der Waals surface area contributed by atoms with Crippen LogP contribution in [0.5, 0.6) is 0 Å². The zero-order valence-electron chi connectivity index (χ0n) is 21.0. The van der Waals surface area contributed by atoms with Crippen molar-refractivity contribution >= 4 is 10.8 Å². The van der Waals surface area contributed by atoms with Crippen LogP contribution in [-0.2, 0) is 6.42 Å². The summed E-state index contributed by atoms with van der Waals surface area (Å²) in [7, 11) is 0. The minimum absolute atomic E-state index is 0.101. The number of rotatable bonds is 8. The number of halogens is 1. The molecular formula is C33H39F. The van der Waals surface area contributed by atoms with E-state index in [-0.39, 0.29) is 5.82 Å². The molecule has 3 aromatic carbocycles. The van der Waals surface area contributed by atoms with Crippen molar-refractivity contribution in [2.45, 2.75) is 90.4 Å². The minimum atomic E-state index is -0.101. The molecule has 34 heavy (non-hydrogen) atoms. The van der Waals surface area contributed by atoms with Crippen molar-refractivity contribution < 1.29 is 4.39 Å². The summed E-state index contributed by atoms with van der Waals surface area (Å²) in [5.41, 5.74) is 4.20. The summed E-state index contributed by atoms with van der Waals surface area (Å²) >= 11 is 0. The normalized spacial score (nSPS) is 18.0. The molecule has 0 aromatic heterocycles. The Bertz CT molecular complexity index is 1120. The Kier molecular flexibility index (Phi) is 8.81. The predicted molar refractivity (Wildman–Crippen MR) is 144 cm³/mol. The third kappa shape index (κ3) is 6.29. The summed E-state index contributed by atoms with van der Waals surface area (Å²) in [6, 6.07) is 18.5. The van der Waals surface area contributed by atoms with Gasteiger partial charge in [0.1, 0.15) is 5.82 Å². The maximum absolute atomic E-state index is 14.5. The van der Waals surface area contributed by atoms with E-state index in [2.05, 4.69) is 43.0 Å². The fourth-order valence-electron chi connectivity index (χ4n) is 5.49. The lowest BCUT2D eigenvalue weighted by Gasteiger charge is -2.29. The van der Waals surface area contributed by atoms with Gasteiger partial charge in [-0.15, -0.1) is 0 Å². The summed E-state index contributed by atoms with van der Waals surface area (Å²) in [6.07, 6.45) is 14.6. The molecule has 178 valence electrons. The Labute approximate surface area is 206 Å². The van der Waals surface area contributed by atoms with Gasteiger partial charge in [0.2, 0.25) is 0 Å². The molecule has 0 saturated heterocycles. The molecule has 4 rings (SSSR count). The summed E-state index contributed by atoms with van der Waals surface area (Å²) in [6.45, 7) is 4.27. The zero-order chi connectivity index (χ0) is 23.8. The van der Waals surface area contributed by atoms with Crippen molar-refractivity contribution in [2.75, 3.05) is 0 Å². The number of aryl methyl sites for hydroxylation is 1. The summed E-state index contributed by atoms with van der Waals surface area (Å²) in [4.78, 5) is 0. The molecule has 1 fully saturated rings. The van der Waals surface area contributed by atoms with Crippen LogP contribution in [0.25, 0.3) is 10.8 Å². The number of unbranched alkanes of at least 4 members (excludes halogenated alkanes) is 4. The second-order valence-electron chi connectivity index (χ2n) is 10.1. The van der Waals surface area contributed by atoms with Crippen LogP contribution in [0, 0.1) is 23.6 Å². The SMILES string of the molecule is CCCCCCCC1CCC(c2ccc(C#Cc3ccc4c(F)c(CC)ccc4c3)cc2)CC1. The monoisotopic (exact) mass is 454 g/mol. The average Bonchev–Trinajstić information content (AvgIpc) is 2.88. The molecule has 1 saturated carbocycles. The van der Waals surface area contributed by atoms with Crippen LogP contribution in [0.3, 0.4) is 0 Å². The minimum Gasteiger partial charge on any atom is -0.206 e. The van der Waals surface area contributed by atoms with Gasteiger partial charge < -0.3 is 0 Å². The van der Waals surface area contributed by atoms with Gasteiger partial charge in [0.05, 0.1) is 0 Å². The molecular weight excluding hydrogens is 415 g/mol. The lowest BCUT2D eigenvalue weighted by Crippen LogP contribution is -2.13. The van der Waals surface area contributed by atoms with E-state index in [0.29, 0.717) is 17.7 Å². The molecule has 0 unspecified atom stereocenters. The second kappa shape index (κ2) is 12.2. The van der Waals surface area contributed by atoms with Gasteiger partial charge in [-0.05, 0) is 84.7 Å². The van der Waals surface area contributed by atoms with Crippen LogP contribution in [0.2, 0.25) is 0 Å². The molecule has 0 atom stereocenters. The van der Waals surface area contributed by atoms with E-state index in [1.165, 1.54) is 69.8 Å². The molecule has 1 aliphatic carbocycles. The van der Waals surface area contributed by atoms with Gasteiger partial charge in [0, 0.05) is 16.5 Å². The fraction of sp³-hybridized carbons (Fsp3) is 0.455. The van der Waals surface area contributed by atoms with E-state index >= 15 is 0 Å². The highest BCUT2D eigenvalue weighted by Crippen LogP contribution is 2.37. The summed E-state index contributed by atoms with van der Waals surface area (Å²) in [5.74, 6) is 8.12. The number of fused-ring (bicyclic) bond motifs is 1. The largest absolute Gasteiger partial charge is 0.206 e. The van der Waals surface area contributed by atoms with Crippen molar-refractivity contribution in [3.05, 3.63) is 82.7 Å². The molecule has 0 heterocycles. The molecule has 1 aliphatic rings. The van der Waals surface area contributed by atoms with E-state index < -0.39 is 0 Å². The lowest BCUT2D eigenvalue weighted by atomic mass is 9.77. The molecule has 0 N–H and O–H groups in total. The first-order chi connectivity index (χ1) is 16.7. The van der Waals surface area contributed by atoms with Gasteiger partial charge in [-0.1, -0.05) is 94.5 Å². The van der Waals surface area contributed by atoms with Crippen molar-refractivity contribution in [3.8, 4) is 11.8 Å². The van der Waals surface area contributed by atoms with Gasteiger partial charge in [-0.3, -0.25) is 0 Å². The fourth-order valence-corrected chi connectivity index (χ4v) is 5.49. The van der Waals surface area contributed by atoms with Crippen LogP contribution >= 0.6 is 0 Å². The standard InChI is InChI=1S/C33H39F/c1-3-5-6-7-8-9-25-12-17-29(18-13-25)30-19-14-26(15-20-30)10-11-27-16-23-32-31(24-27)22-21-28(4-2)33(32)34/h14-16,19-25,29H,3-9,12-13,17-18H2,1-2H3. The van der Waals surface area contributed by atoms with Crippen LogP contribution in [0.15, 0.2) is 54.6 Å². The highest BCUT2D eigenvalue weighted by Gasteiger charge is 2.21. The smallest absolute Gasteiger partial charge is 0.134 e. The van der Waals surface area contributed by atoms with Gasteiger partial charge in [0.15, 0.2) is 0 Å². The Morgan fingerprint density at radius 3 is 2.21 bits per heavy atom. The van der Waals surface area contributed by atoms with E-state index in [0.717, 1.165) is 28.0 Å². The van der Waals surface area contributed by atoms with Gasteiger partial charge >= 0.3 is 0 Å². The molecule has 3 aromatic rings. The lowest BCUT2D eigenvalue weighted by molar-refractivity contribution is 0.302. The molecule has 0 nitrogen and oxygen atoms in total. The topological polar surface area (TPSA) is 0 Å². The van der Waals surface area contributed by atoms with Crippen molar-refractivity contribution in [2.24, 2.45) is 5.92 Å². The van der Waals surface area contributed by atoms with E-state index in [1.807, 2.05) is 37.3 Å². The first kappa shape index (κ1) is 24.5. The van der Waals surface area contributed by atoms with Gasteiger partial charge in [-0.25, -0.2) is 4.39 Å². The molecule has 0 aliphatic heterocycles. The second-order valence-corrected chi connectivity index (χ2v) is 10.1. The molecule has 0 radical (unpaired) electrons. The summed E-state index contributed by atoms with van der Waals surface area (Å²) in [5, 5.41) is 1.59. The first-order valence-electron chi connectivity index (χ1n) is 13.5. The number of hydrogen-bond donors (Lipinski definition) is 0. The van der Waals surface area contributed by atoms with Crippen molar-refractivity contribution in [1.82, 2.24) is 0 Å². The Balaban J connectivity index is 1.32. The van der Waals surface area contributed by atoms with E-state index in [1.54, 1.807) is 0 Å². The first-order valence-corrected chi connectivity index (χ1v) is 13.5. The number of benzene rings is 3. The highest BCUT2D eigenvalue weighted by atomic mass is 19.1. The van der Waals surface area contributed by atoms with Crippen LogP contribution in [0.4, 0.5) is 4.39 Å². The summed E-state index contributed by atoms with van der Waals surface area (Å²) < 4.78 is 14.5. The van der Waals surface area contributed by atoms with Gasteiger partial charge in [-0.2, -0.15) is 0 Å². The quantitative estimate of drug-likeness (QED) is 0.235. The average molecular weight is 455 g/mol. The Morgan fingerprint density at radius 1 is 0.765 bits per heavy atom. The highest BCUT2D eigenvalue weighted by molar-refractivity contribution is 5.85. The predicted octanol–water partition coefficient (Wildman–Crippen LogP) is 9.58. The molecule has 1 heteroatoms. The van der Waals surface area contributed by atoms with Crippen molar-refractivity contribution in [3.63, 3.8) is 0 Å². The Morgan fingerprint density at radius 2 is 1.47 bits per heavy atom. The van der Waals surface area contributed by atoms with E-state index in [9.17, 15) is 4.39 Å². The Hall–Kier alpha value is -2.59. The molecule has 0 amide bonds. The van der Waals surface area contributed by atoms with Crippen LogP contribution in [-0.4, -0.2) is 0 Å². The van der Waals surface area contributed by atoms with Gasteiger partial charge in [0.25, 0.3) is 0 Å². The molecule has 0 spiro atoms. The maximum atomic E-state index is 14.5. The van der Waals surface area contributed by atoms with Crippen molar-refractivity contribution in [1.29, 1.82) is 0 Å². The number of hydrogen-bond acceptors (Lipinski definition) is 0. The maximum Gasteiger partial charge on any atom is 0.134 e. The molecule has 0 bridgehead atoms. The zero-order valence-corrected chi connectivity index (χ0v) is 21.0. The van der Waals surface area contributed by atoms with Crippen LogP contribution in [0.1, 0.15) is 106 Å².